The Kier molecular flexibility index (Phi) is 26.0. The third-order valence-corrected chi connectivity index (χ3v) is 0.607. The summed E-state index contributed by atoms with van der Waals surface area (Å²) in [6.45, 7) is 5.25. The van der Waals surface area contributed by atoms with Gasteiger partial charge in [0.15, 0.2) is 0 Å². The van der Waals surface area contributed by atoms with Crippen LogP contribution >= 0.6 is 0 Å². The van der Waals surface area contributed by atoms with Crippen molar-refractivity contribution in [1.82, 2.24) is 0 Å². The van der Waals surface area contributed by atoms with E-state index in [1.54, 1.807) is 6.08 Å². The summed E-state index contributed by atoms with van der Waals surface area (Å²) in [4.78, 5) is 0. The normalized spacial score (nSPS) is 5.55. The molecular formula is C10H14Y-2. The summed E-state index contributed by atoms with van der Waals surface area (Å²) in [5.41, 5.74) is 0. The van der Waals surface area contributed by atoms with Crippen molar-refractivity contribution in [2.45, 2.75) is 6.92 Å². The molecule has 0 fully saturated rings. The van der Waals surface area contributed by atoms with Gasteiger partial charge >= 0.3 is 0 Å². The van der Waals surface area contributed by atoms with Crippen LogP contribution in [0.4, 0.5) is 0 Å². The fourth-order valence-corrected chi connectivity index (χ4v) is 0.342. The predicted molar refractivity (Wildman–Crippen MR) is 47.6 cm³/mol. The maximum atomic E-state index is 3.36. The third kappa shape index (κ3) is 17.8. The second-order valence-electron chi connectivity index (χ2n) is 1.49. The second-order valence-corrected chi connectivity index (χ2v) is 1.49. The summed E-state index contributed by atoms with van der Waals surface area (Å²) in [7, 11) is 0. The molecule has 1 aromatic rings. The van der Waals surface area contributed by atoms with E-state index in [9.17, 15) is 0 Å². The minimum atomic E-state index is 0. The Morgan fingerprint density at radius 1 is 1.18 bits per heavy atom. The maximum Gasteiger partial charge on any atom is 0 e. The number of hydrogen-bond acceptors (Lipinski definition) is 0. The van der Waals surface area contributed by atoms with Crippen LogP contribution < -0.4 is 0 Å². The van der Waals surface area contributed by atoms with Crippen molar-refractivity contribution in [3.05, 3.63) is 56.5 Å². The van der Waals surface area contributed by atoms with E-state index in [-0.39, 0.29) is 40.1 Å². The van der Waals surface area contributed by atoms with Crippen LogP contribution in [0.5, 0.6) is 0 Å². The molecule has 0 atom stereocenters. The van der Waals surface area contributed by atoms with E-state index in [0.717, 1.165) is 0 Å². The molecule has 0 spiro atoms. The van der Waals surface area contributed by atoms with Crippen LogP contribution in [0.1, 0.15) is 6.92 Å². The van der Waals surface area contributed by atoms with Crippen LogP contribution in [0.25, 0.3) is 0 Å². The van der Waals surface area contributed by atoms with Gasteiger partial charge in [-0.1, -0.05) is 6.08 Å². The van der Waals surface area contributed by atoms with Crippen molar-refractivity contribution < 1.29 is 32.7 Å². The zero-order valence-electron chi connectivity index (χ0n) is 7.25. The van der Waals surface area contributed by atoms with Crippen molar-refractivity contribution in [3.8, 4) is 0 Å². The summed E-state index contributed by atoms with van der Waals surface area (Å²) in [6.07, 6.45) is 1.75. The SMILES string of the molecule is C=CC.[CH3-].[Y].[c-]1ccccc1. The van der Waals surface area contributed by atoms with Gasteiger partial charge in [-0.25, -0.2) is 0 Å². The average Bonchev–Trinajstić information content (AvgIpc) is 1.93. The summed E-state index contributed by atoms with van der Waals surface area (Å²) >= 11 is 0. The molecule has 1 heteroatoms. The first-order valence-corrected chi connectivity index (χ1v) is 2.90. The summed E-state index contributed by atoms with van der Waals surface area (Å²) in [5.74, 6) is 0. The largest absolute Gasteiger partial charge is 0.358 e. The first-order chi connectivity index (χ1) is 4.41. The molecule has 1 radical (unpaired) electrons. The van der Waals surface area contributed by atoms with E-state index >= 15 is 0 Å². The Hall–Kier alpha value is 0.0639. The van der Waals surface area contributed by atoms with Crippen molar-refractivity contribution >= 4 is 0 Å². The average molecular weight is 223 g/mol. The first kappa shape index (κ1) is 17.2. The standard InChI is InChI=1S/C6H5.C3H6.CH3.Y/c1-2-4-6-5-3-1;1-3-2;;/h1-5H;3H,1H2,2H3;1H3;/q-1;;-1;. The van der Waals surface area contributed by atoms with Crippen LogP contribution in [0.15, 0.2) is 43.0 Å². The monoisotopic (exact) mass is 223 g/mol. The van der Waals surface area contributed by atoms with Gasteiger partial charge in [0, 0.05) is 32.7 Å². The van der Waals surface area contributed by atoms with E-state index in [4.69, 9.17) is 0 Å². The molecule has 1 rings (SSSR count). The first-order valence-electron chi connectivity index (χ1n) is 2.90. The Morgan fingerprint density at radius 2 is 1.55 bits per heavy atom. The quantitative estimate of drug-likeness (QED) is 0.468. The fraction of sp³-hybridized carbons (Fsp3) is 0.100. The topological polar surface area (TPSA) is 0 Å². The van der Waals surface area contributed by atoms with Crippen LogP contribution in [-0.2, 0) is 32.7 Å². The third-order valence-electron chi connectivity index (χ3n) is 0.607. The number of benzene rings is 1. The van der Waals surface area contributed by atoms with Gasteiger partial charge in [0.25, 0.3) is 0 Å². The molecule has 0 aliphatic rings. The minimum Gasteiger partial charge on any atom is -0.358 e. The van der Waals surface area contributed by atoms with E-state index in [1.165, 1.54) is 0 Å². The molecule has 11 heavy (non-hydrogen) atoms. The van der Waals surface area contributed by atoms with Gasteiger partial charge in [-0.15, -0.1) is 6.58 Å². The molecule has 0 aliphatic heterocycles. The molecule has 0 N–H and O–H groups in total. The predicted octanol–water partition coefficient (Wildman–Crippen LogP) is 3.13. The second kappa shape index (κ2) is 16.6. The van der Waals surface area contributed by atoms with Gasteiger partial charge in [0.2, 0.25) is 0 Å². The summed E-state index contributed by atoms with van der Waals surface area (Å²) < 4.78 is 0. The molecule has 0 amide bonds. The van der Waals surface area contributed by atoms with Crippen molar-refractivity contribution in [3.63, 3.8) is 0 Å². The molecule has 0 bridgehead atoms. The number of rotatable bonds is 0. The van der Waals surface area contributed by atoms with Crippen molar-refractivity contribution in [2.75, 3.05) is 0 Å². The van der Waals surface area contributed by atoms with E-state index in [0.29, 0.717) is 0 Å². The molecule has 0 saturated heterocycles. The molecular weight excluding hydrogens is 209 g/mol. The molecule has 1 aromatic carbocycles. The van der Waals surface area contributed by atoms with Gasteiger partial charge in [0.1, 0.15) is 0 Å². The van der Waals surface area contributed by atoms with Gasteiger partial charge in [0.05, 0.1) is 0 Å². The minimum absolute atomic E-state index is 0. The Morgan fingerprint density at radius 3 is 1.64 bits per heavy atom. The summed E-state index contributed by atoms with van der Waals surface area (Å²) in [6, 6.07) is 12.5. The fourth-order valence-electron chi connectivity index (χ4n) is 0.342. The van der Waals surface area contributed by atoms with E-state index in [2.05, 4.69) is 12.6 Å². The van der Waals surface area contributed by atoms with Crippen LogP contribution in [0.3, 0.4) is 0 Å². The number of allylic oxidation sites excluding steroid dienone is 1. The Labute approximate surface area is 95.6 Å². The maximum absolute atomic E-state index is 3.36. The molecule has 0 unspecified atom stereocenters. The van der Waals surface area contributed by atoms with Gasteiger partial charge in [-0.3, -0.25) is 0 Å². The van der Waals surface area contributed by atoms with Crippen LogP contribution in [0.2, 0.25) is 0 Å². The van der Waals surface area contributed by atoms with Gasteiger partial charge < -0.3 is 7.43 Å². The Balaban J connectivity index is -0.000000116. The van der Waals surface area contributed by atoms with Gasteiger partial charge in [-0.2, -0.15) is 36.4 Å². The molecule has 0 saturated carbocycles. The smallest absolute Gasteiger partial charge is 0 e. The number of hydrogen-bond donors (Lipinski definition) is 0. The molecule has 0 aromatic heterocycles. The summed E-state index contributed by atoms with van der Waals surface area (Å²) in [5, 5.41) is 0. The van der Waals surface area contributed by atoms with E-state index in [1.807, 2.05) is 37.3 Å². The van der Waals surface area contributed by atoms with Crippen LogP contribution in [0, 0.1) is 13.5 Å². The molecule has 0 heterocycles. The van der Waals surface area contributed by atoms with Crippen molar-refractivity contribution in [1.29, 1.82) is 0 Å². The Bertz CT molecular complexity index is 108. The molecule has 59 valence electrons. The van der Waals surface area contributed by atoms with E-state index < -0.39 is 0 Å². The molecule has 0 nitrogen and oxygen atoms in total. The van der Waals surface area contributed by atoms with Gasteiger partial charge in [-0.05, 0) is 6.92 Å². The zero-order chi connectivity index (χ0) is 6.95. The molecule has 0 aliphatic carbocycles. The zero-order valence-corrected chi connectivity index (χ0v) is 10.1. The van der Waals surface area contributed by atoms with Crippen LogP contribution in [-0.4, -0.2) is 0 Å². The van der Waals surface area contributed by atoms with Crippen molar-refractivity contribution in [2.24, 2.45) is 0 Å².